The number of benzene rings is 1. The van der Waals surface area contributed by atoms with Crippen molar-refractivity contribution >= 4 is 11.3 Å². The average molecular weight is 216 g/mol. The van der Waals surface area contributed by atoms with Crippen LogP contribution in [-0.2, 0) is 12.8 Å². The van der Waals surface area contributed by atoms with Gasteiger partial charge in [-0.15, -0.1) is 11.3 Å². The summed E-state index contributed by atoms with van der Waals surface area (Å²) in [6.45, 7) is 0. The molecule has 0 spiro atoms. The van der Waals surface area contributed by atoms with Gasteiger partial charge in [0.05, 0.1) is 6.10 Å². The molecule has 0 radical (unpaired) electrons. The van der Waals surface area contributed by atoms with E-state index < -0.39 is 0 Å². The molecule has 0 saturated carbocycles. The summed E-state index contributed by atoms with van der Waals surface area (Å²) in [5, 5.41) is 11.8. The van der Waals surface area contributed by atoms with Crippen molar-refractivity contribution in [3.8, 4) is 10.4 Å². The van der Waals surface area contributed by atoms with Crippen LogP contribution in [-0.4, -0.2) is 11.2 Å². The van der Waals surface area contributed by atoms with E-state index in [2.05, 4.69) is 35.7 Å². The predicted octanol–water partition coefficient (Wildman–Crippen LogP) is 2.87. The van der Waals surface area contributed by atoms with Crippen molar-refractivity contribution in [2.45, 2.75) is 18.9 Å². The van der Waals surface area contributed by atoms with Crippen LogP contribution in [0.1, 0.15) is 11.1 Å². The first-order valence-electron chi connectivity index (χ1n) is 5.17. The molecule has 1 aromatic carbocycles. The summed E-state index contributed by atoms with van der Waals surface area (Å²) < 4.78 is 0. The van der Waals surface area contributed by atoms with Crippen molar-refractivity contribution in [3.05, 3.63) is 46.8 Å². The summed E-state index contributed by atoms with van der Waals surface area (Å²) in [7, 11) is 0. The molecule has 1 nitrogen and oxygen atoms in total. The van der Waals surface area contributed by atoms with Crippen LogP contribution in [0.4, 0.5) is 0 Å². The molecule has 1 aromatic heterocycles. The van der Waals surface area contributed by atoms with E-state index in [1.807, 2.05) is 0 Å². The van der Waals surface area contributed by atoms with E-state index in [0.29, 0.717) is 0 Å². The van der Waals surface area contributed by atoms with Crippen molar-refractivity contribution in [2.24, 2.45) is 0 Å². The average Bonchev–Trinajstić information content (AvgIpc) is 2.82. The van der Waals surface area contributed by atoms with Gasteiger partial charge in [0.25, 0.3) is 0 Å². The second kappa shape index (κ2) is 3.47. The van der Waals surface area contributed by atoms with Crippen LogP contribution in [0.2, 0.25) is 0 Å². The molecular formula is C13H12OS. The maximum Gasteiger partial charge on any atom is 0.0621 e. The summed E-state index contributed by atoms with van der Waals surface area (Å²) in [6.07, 6.45) is 1.44. The number of hydrogen-bond donors (Lipinski definition) is 1. The maximum atomic E-state index is 9.68. The summed E-state index contributed by atoms with van der Waals surface area (Å²) in [4.78, 5) is 1.31. The topological polar surface area (TPSA) is 20.2 Å². The number of aliphatic hydroxyl groups is 1. The molecule has 0 aliphatic heterocycles. The van der Waals surface area contributed by atoms with E-state index in [9.17, 15) is 5.11 Å². The summed E-state index contributed by atoms with van der Waals surface area (Å²) >= 11 is 1.76. The van der Waals surface area contributed by atoms with Gasteiger partial charge in [-0.2, -0.15) is 0 Å². The first kappa shape index (κ1) is 9.13. The fraction of sp³-hybridized carbons (Fsp3) is 0.231. The van der Waals surface area contributed by atoms with Gasteiger partial charge < -0.3 is 5.11 Å². The Morgan fingerprint density at radius 3 is 2.87 bits per heavy atom. The lowest BCUT2D eigenvalue weighted by atomic mass is 10.0. The standard InChI is InChI=1S/C13H12OS/c14-10-7-9-3-1-4-11(12(9)8-10)13-5-2-6-15-13/h1-6,10,14H,7-8H2. The van der Waals surface area contributed by atoms with Crippen molar-refractivity contribution in [3.63, 3.8) is 0 Å². The highest BCUT2D eigenvalue weighted by Crippen LogP contribution is 2.34. The molecule has 1 unspecified atom stereocenters. The zero-order chi connectivity index (χ0) is 10.3. The molecule has 2 aromatic rings. The summed E-state index contributed by atoms with van der Waals surface area (Å²) in [6, 6.07) is 10.6. The Hall–Kier alpha value is -1.12. The normalized spacial score (nSPS) is 19.1. The highest BCUT2D eigenvalue weighted by molar-refractivity contribution is 7.13. The number of aliphatic hydroxyl groups excluding tert-OH is 1. The minimum atomic E-state index is -0.180. The molecule has 1 N–H and O–H groups in total. The number of fused-ring (bicyclic) bond motifs is 1. The third-order valence-corrected chi connectivity index (χ3v) is 3.86. The van der Waals surface area contributed by atoms with E-state index in [0.717, 1.165) is 12.8 Å². The van der Waals surface area contributed by atoms with Crippen LogP contribution < -0.4 is 0 Å². The minimum Gasteiger partial charge on any atom is -0.392 e. The highest BCUT2D eigenvalue weighted by Gasteiger charge is 2.22. The third-order valence-electron chi connectivity index (χ3n) is 2.95. The van der Waals surface area contributed by atoms with Crippen LogP contribution in [0.25, 0.3) is 10.4 Å². The Balaban J connectivity index is 2.15. The van der Waals surface area contributed by atoms with E-state index in [1.54, 1.807) is 11.3 Å². The lowest BCUT2D eigenvalue weighted by molar-refractivity contribution is 0.187. The molecule has 3 rings (SSSR count). The number of rotatable bonds is 1. The molecule has 0 bridgehead atoms. The zero-order valence-corrected chi connectivity index (χ0v) is 9.13. The van der Waals surface area contributed by atoms with E-state index in [-0.39, 0.29) is 6.10 Å². The van der Waals surface area contributed by atoms with Crippen LogP contribution in [0.15, 0.2) is 35.7 Å². The third kappa shape index (κ3) is 1.50. The molecule has 0 saturated heterocycles. The molecule has 15 heavy (non-hydrogen) atoms. The van der Waals surface area contributed by atoms with Crippen LogP contribution in [0, 0.1) is 0 Å². The van der Waals surface area contributed by atoms with E-state index >= 15 is 0 Å². The smallest absolute Gasteiger partial charge is 0.0621 e. The van der Waals surface area contributed by atoms with Crippen LogP contribution >= 0.6 is 11.3 Å². The van der Waals surface area contributed by atoms with E-state index in [1.165, 1.54) is 21.6 Å². The first-order valence-corrected chi connectivity index (χ1v) is 6.05. The second-order valence-electron chi connectivity index (χ2n) is 3.98. The molecule has 1 aliphatic rings. The zero-order valence-electron chi connectivity index (χ0n) is 8.31. The van der Waals surface area contributed by atoms with Crippen molar-refractivity contribution < 1.29 is 5.11 Å². The lowest BCUT2D eigenvalue weighted by Crippen LogP contribution is -2.03. The predicted molar refractivity (Wildman–Crippen MR) is 63.2 cm³/mol. The maximum absolute atomic E-state index is 9.68. The van der Waals surface area contributed by atoms with Gasteiger partial charge in [0.2, 0.25) is 0 Å². The van der Waals surface area contributed by atoms with Crippen LogP contribution in [0.3, 0.4) is 0 Å². The quantitative estimate of drug-likeness (QED) is 0.777. The monoisotopic (exact) mass is 216 g/mol. The molecule has 1 heterocycles. The minimum absolute atomic E-state index is 0.180. The SMILES string of the molecule is OC1Cc2cccc(-c3cccs3)c2C1. The number of hydrogen-bond acceptors (Lipinski definition) is 2. The molecular weight excluding hydrogens is 204 g/mol. The fourth-order valence-electron chi connectivity index (χ4n) is 2.29. The van der Waals surface area contributed by atoms with Crippen molar-refractivity contribution in [1.82, 2.24) is 0 Å². The Labute approximate surface area is 93.0 Å². The van der Waals surface area contributed by atoms with E-state index in [4.69, 9.17) is 0 Å². The summed E-state index contributed by atoms with van der Waals surface area (Å²) in [5.41, 5.74) is 3.96. The molecule has 0 amide bonds. The highest BCUT2D eigenvalue weighted by atomic mass is 32.1. The van der Waals surface area contributed by atoms with Crippen LogP contribution in [0.5, 0.6) is 0 Å². The largest absolute Gasteiger partial charge is 0.392 e. The van der Waals surface area contributed by atoms with Gasteiger partial charge in [-0.05, 0) is 41.0 Å². The van der Waals surface area contributed by atoms with Gasteiger partial charge in [-0.1, -0.05) is 24.3 Å². The Morgan fingerprint density at radius 2 is 2.07 bits per heavy atom. The molecule has 1 aliphatic carbocycles. The van der Waals surface area contributed by atoms with Gasteiger partial charge in [0.1, 0.15) is 0 Å². The van der Waals surface area contributed by atoms with Gasteiger partial charge in [0, 0.05) is 4.88 Å². The van der Waals surface area contributed by atoms with Gasteiger partial charge in [-0.25, -0.2) is 0 Å². The molecule has 0 fully saturated rings. The lowest BCUT2D eigenvalue weighted by Gasteiger charge is -2.05. The Morgan fingerprint density at radius 1 is 1.13 bits per heavy atom. The molecule has 2 heteroatoms. The molecule has 76 valence electrons. The number of thiophene rings is 1. The summed E-state index contributed by atoms with van der Waals surface area (Å²) in [5.74, 6) is 0. The Kier molecular flexibility index (Phi) is 2.11. The van der Waals surface area contributed by atoms with Crippen molar-refractivity contribution in [2.75, 3.05) is 0 Å². The van der Waals surface area contributed by atoms with Gasteiger partial charge in [0.15, 0.2) is 0 Å². The molecule has 1 atom stereocenters. The van der Waals surface area contributed by atoms with Crippen molar-refractivity contribution in [1.29, 1.82) is 0 Å². The Bertz CT molecular complexity index is 473. The fourth-order valence-corrected chi connectivity index (χ4v) is 3.07. The second-order valence-corrected chi connectivity index (χ2v) is 4.93. The van der Waals surface area contributed by atoms with Gasteiger partial charge >= 0.3 is 0 Å². The van der Waals surface area contributed by atoms with Gasteiger partial charge in [-0.3, -0.25) is 0 Å². The first-order chi connectivity index (χ1) is 7.34.